The van der Waals surface area contributed by atoms with Crippen LogP contribution in [-0.2, 0) is 17.1 Å². The van der Waals surface area contributed by atoms with Crippen molar-refractivity contribution in [3.8, 4) is 0 Å². The van der Waals surface area contributed by atoms with Gasteiger partial charge >= 0.3 is 0 Å². The second-order valence-electron chi connectivity index (χ2n) is 5.73. The van der Waals surface area contributed by atoms with Crippen LogP contribution in [0.25, 0.3) is 0 Å². The molecule has 0 bridgehead atoms. The number of likely N-dealkylation sites (tertiary alicyclic amines) is 1. The van der Waals surface area contributed by atoms with Crippen molar-refractivity contribution >= 4 is 10.0 Å². The Labute approximate surface area is 120 Å². The number of nitrogens with zero attached hydrogens (tertiary/aromatic N) is 4. The van der Waals surface area contributed by atoms with Crippen molar-refractivity contribution in [3.63, 3.8) is 0 Å². The summed E-state index contributed by atoms with van der Waals surface area (Å²) in [5.41, 5.74) is 0. The van der Waals surface area contributed by atoms with Gasteiger partial charge in [-0.05, 0) is 38.8 Å². The topological polar surface area (TPSA) is 58.4 Å². The first-order chi connectivity index (χ1) is 9.57. The van der Waals surface area contributed by atoms with Crippen molar-refractivity contribution < 1.29 is 8.42 Å². The average molecular weight is 298 g/mol. The molecule has 6 nitrogen and oxygen atoms in total. The van der Waals surface area contributed by atoms with Crippen molar-refractivity contribution in [1.29, 1.82) is 0 Å². The SMILES string of the molecule is Cn1cc(S(=O)(=O)N2CCC(N3CCCC3)CC2)cn1. The molecule has 112 valence electrons. The first kappa shape index (κ1) is 14.0. The molecule has 2 aliphatic heterocycles. The number of aryl methyl sites for hydroxylation is 1. The van der Waals surface area contributed by atoms with Crippen LogP contribution in [0.3, 0.4) is 0 Å². The maximum Gasteiger partial charge on any atom is 0.246 e. The van der Waals surface area contributed by atoms with Crippen LogP contribution in [0.5, 0.6) is 0 Å². The van der Waals surface area contributed by atoms with Crippen molar-refractivity contribution in [2.75, 3.05) is 26.2 Å². The van der Waals surface area contributed by atoms with E-state index in [9.17, 15) is 8.42 Å². The summed E-state index contributed by atoms with van der Waals surface area (Å²) >= 11 is 0. The van der Waals surface area contributed by atoms with E-state index in [-0.39, 0.29) is 0 Å². The smallest absolute Gasteiger partial charge is 0.246 e. The number of aromatic nitrogens is 2. The highest BCUT2D eigenvalue weighted by Gasteiger charge is 2.32. The zero-order chi connectivity index (χ0) is 14.2. The molecule has 20 heavy (non-hydrogen) atoms. The van der Waals surface area contributed by atoms with Gasteiger partial charge in [0.1, 0.15) is 4.90 Å². The van der Waals surface area contributed by atoms with Gasteiger partial charge in [0.15, 0.2) is 0 Å². The molecule has 0 radical (unpaired) electrons. The predicted molar refractivity (Wildman–Crippen MR) is 75.8 cm³/mol. The minimum Gasteiger partial charge on any atom is -0.300 e. The fourth-order valence-corrected chi connectivity index (χ4v) is 4.69. The number of rotatable bonds is 3. The number of piperidine rings is 1. The summed E-state index contributed by atoms with van der Waals surface area (Å²) in [6.07, 6.45) is 7.46. The lowest BCUT2D eigenvalue weighted by molar-refractivity contribution is 0.168. The summed E-state index contributed by atoms with van der Waals surface area (Å²) in [4.78, 5) is 2.83. The third-order valence-corrected chi connectivity index (χ3v) is 6.25. The molecular formula is C13H22N4O2S. The van der Waals surface area contributed by atoms with Crippen LogP contribution in [0, 0.1) is 0 Å². The van der Waals surface area contributed by atoms with E-state index < -0.39 is 10.0 Å². The lowest BCUT2D eigenvalue weighted by atomic mass is 10.1. The molecule has 2 aliphatic rings. The second-order valence-corrected chi connectivity index (χ2v) is 7.67. The largest absolute Gasteiger partial charge is 0.300 e. The highest BCUT2D eigenvalue weighted by atomic mass is 32.2. The summed E-state index contributed by atoms with van der Waals surface area (Å²) < 4.78 is 28.1. The fourth-order valence-electron chi connectivity index (χ4n) is 3.24. The molecule has 0 spiro atoms. The first-order valence-electron chi connectivity index (χ1n) is 7.30. The molecule has 0 unspecified atom stereocenters. The van der Waals surface area contributed by atoms with E-state index >= 15 is 0 Å². The van der Waals surface area contributed by atoms with Gasteiger partial charge in [-0.2, -0.15) is 9.40 Å². The minimum atomic E-state index is -3.36. The van der Waals surface area contributed by atoms with Crippen LogP contribution in [0.4, 0.5) is 0 Å². The van der Waals surface area contributed by atoms with Gasteiger partial charge in [0, 0.05) is 32.4 Å². The van der Waals surface area contributed by atoms with Crippen LogP contribution in [0.2, 0.25) is 0 Å². The Morgan fingerprint density at radius 3 is 2.35 bits per heavy atom. The van der Waals surface area contributed by atoms with Gasteiger partial charge in [-0.25, -0.2) is 8.42 Å². The Bertz CT molecular complexity index is 555. The second kappa shape index (κ2) is 5.46. The van der Waals surface area contributed by atoms with E-state index in [1.807, 2.05) is 0 Å². The van der Waals surface area contributed by atoms with Gasteiger partial charge in [0.25, 0.3) is 0 Å². The lowest BCUT2D eigenvalue weighted by Crippen LogP contribution is -2.45. The van der Waals surface area contributed by atoms with Gasteiger partial charge in [0.2, 0.25) is 10.0 Å². The van der Waals surface area contributed by atoms with E-state index in [1.54, 1.807) is 17.5 Å². The summed E-state index contributed by atoms with van der Waals surface area (Å²) in [6, 6.07) is 0.567. The normalized spacial score (nSPS) is 23.4. The van der Waals surface area contributed by atoms with Gasteiger partial charge in [0.05, 0.1) is 6.20 Å². The van der Waals surface area contributed by atoms with Crippen LogP contribution < -0.4 is 0 Å². The minimum absolute atomic E-state index is 0.305. The molecule has 1 aromatic rings. The van der Waals surface area contributed by atoms with E-state index in [1.165, 1.54) is 36.8 Å². The molecule has 0 aromatic carbocycles. The highest BCUT2D eigenvalue weighted by molar-refractivity contribution is 7.89. The molecule has 3 heterocycles. The average Bonchev–Trinajstić information content (AvgIpc) is 3.10. The quantitative estimate of drug-likeness (QED) is 0.823. The monoisotopic (exact) mass is 298 g/mol. The van der Waals surface area contributed by atoms with E-state index in [0.717, 1.165) is 12.8 Å². The molecule has 0 N–H and O–H groups in total. The van der Waals surface area contributed by atoms with E-state index in [0.29, 0.717) is 24.0 Å². The van der Waals surface area contributed by atoms with Crippen LogP contribution >= 0.6 is 0 Å². The third kappa shape index (κ3) is 2.62. The van der Waals surface area contributed by atoms with Gasteiger partial charge < -0.3 is 4.90 Å². The maximum absolute atomic E-state index is 12.5. The Morgan fingerprint density at radius 2 is 1.80 bits per heavy atom. The standard InChI is InChI=1S/C13H22N4O2S/c1-15-11-13(10-14-15)20(18,19)17-8-4-12(5-9-17)16-6-2-3-7-16/h10-12H,2-9H2,1H3. The molecule has 2 saturated heterocycles. The molecule has 0 amide bonds. The van der Waals surface area contributed by atoms with Gasteiger partial charge in [-0.3, -0.25) is 4.68 Å². The molecular weight excluding hydrogens is 276 g/mol. The van der Waals surface area contributed by atoms with Crippen molar-refractivity contribution in [3.05, 3.63) is 12.4 Å². The molecule has 0 aliphatic carbocycles. The summed E-state index contributed by atoms with van der Waals surface area (Å²) in [6.45, 7) is 3.61. The lowest BCUT2D eigenvalue weighted by Gasteiger charge is -2.35. The predicted octanol–water partition coefficient (Wildman–Crippen LogP) is 0.669. The van der Waals surface area contributed by atoms with Crippen LogP contribution in [0.15, 0.2) is 17.3 Å². The van der Waals surface area contributed by atoms with Crippen molar-refractivity contribution in [2.45, 2.75) is 36.6 Å². The van der Waals surface area contributed by atoms with Gasteiger partial charge in [-0.15, -0.1) is 0 Å². The Hall–Kier alpha value is -0.920. The summed E-state index contributed by atoms with van der Waals surface area (Å²) in [5.74, 6) is 0. The first-order valence-corrected chi connectivity index (χ1v) is 8.74. The van der Waals surface area contributed by atoms with Crippen molar-refractivity contribution in [2.24, 2.45) is 7.05 Å². The molecule has 1 aromatic heterocycles. The Balaban J connectivity index is 1.65. The zero-order valence-electron chi connectivity index (χ0n) is 11.9. The van der Waals surface area contributed by atoms with Crippen LogP contribution in [-0.4, -0.2) is 59.6 Å². The molecule has 0 saturated carbocycles. The number of sulfonamides is 1. The van der Waals surface area contributed by atoms with E-state index in [4.69, 9.17) is 0 Å². The van der Waals surface area contributed by atoms with Crippen molar-refractivity contribution in [1.82, 2.24) is 19.0 Å². The number of hydrogen-bond acceptors (Lipinski definition) is 4. The Kier molecular flexibility index (Phi) is 3.83. The molecule has 3 rings (SSSR count). The fraction of sp³-hybridized carbons (Fsp3) is 0.769. The molecule has 0 atom stereocenters. The third-order valence-electron chi connectivity index (χ3n) is 4.40. The number of hydrogen-bond donors (Lipinski definition) is 0. The maximum atomic E-state index is 12.5. The molecule has 7 heteroatoms. The van der Waals surface area contributed by atoms with Gasteiger partial charge in [-0.1, -0.05) is 0 Å². The summed E-state index contributed by atoms with van der Waals surface area (Å²) in [5, 5.41) is 3.96. The molecule has 2 fully saturated rings. The van der Waals surface area contributed by atoms with Crippen LogP contribution in [0.1, 0.15) is 25.7 Å². The highest BCUT2D eigenvalue weighted by Crippen LogP contribution is 2.24. The van der Waals surface area contributed by atoms with E-state index in [2.05, 4.69) is 10.00 Å². The zero-order valence-corrected chi connectivity index (χ0v) is 12.7. The Morgan fingerprint density at radius 1 is 1.15 bits per heavy atom. The summed E-state index contributed by atoms with van der Waals surface area (Å²) in [7, 11) is -1.62.